The zero-order chi connectivity index (χ0) is 11.8. The van der Waals surface area contributed by atoms with E-state index in [0.717, 1.165) is 10.4 Å². The molecule has 1 heterocycles. The van der Waals surface area contributed by atoms with Gasteiger partial charge in [-0.05, 0) is 53.8 Å². The Morgan fingerprint density at radius 1 is 1.24 bits per heavy atom. The lowest BCUT2D eigenvalue weighted by Crippen LogP contribution is -2.02. The van der Waals surface area contributed by atoms with E-state index in [1.165, 1.54) is 24.0 Å². The van der Waals surface area contributed by atoms with Gasteiger partial charge in [0.1, 0.15) is 6.10 Å². The summed E-state index contributed by atoms with van der Waals surface area (Å²) < 4.78 is 0. The predicted molar refractivity (Wildman–Crippen MR) is 71.5 cm³/mol. The Kier molecular flexibility index (Phi) is 2.77. The Bertz CT molecular complexity index is 525. The second-order valence-corrected chi connectivity index (χ2v) is 5.72. The van der Waals surface area contributed by atoms with Crippen LogP contribution in [0.1, 0.15) is 46.4 Å². The molecule has 0 spiro atoms. The van der Waals surface area contributed by atoms with E-state index in [2.05, 4.69) is 31.2 Å². The summed E-state index contributed by atoms with van der Waals surface area (Å²) in [4.78, 5) is 1.08. The van der Waals surface area contributed by atoms with Gasteiger partial charge in [0, 0.05) is 4.88 Å². The molecule has 0 amide bonds. The van der Waals surface area contributed by atoms with Crippen LogP contribution in [0.2, 0.25) is 0 Å². The van der Waals surface area contributed by atoms with Gasteiger partial charge in [0.05, 0.1) is 0 Å². The Balaban J connectivity index is 2.01. The lowest BCUT2D eigenvalue weighted by Gasteiger charge is -2.15. The molecule has 1 nitrogen and oxygen atoms in total. The molecular weight excluding hydrogens is 228 g/mol. The van der Waals surface area contributed by atoms with Gasteiger partial charge in [0.25, 0.3) is 0 Å². The fourth-order valence-electron chi connectivity index (χ4n) is 2.33. The summed E-state index contributed by atoms with van der Waals surface area (Å²) in [6.45, 7) is 2.06. The Labute approximate surface area is 106 Å². The second kappa shape index (κ2) is 4.28. The van der Waals surface area contributed by atoms with E-state index in [1.54, 1.807) is 11.3 Å². The fraction of sp³-hybridized carbons (Fsp3) is 0.333. The summed E-state index contributed by atoms with van der Waals surface area (Å²) in [7, 11) is 0. The first-order valence-electron chi connectivity index (χ1n) is 6.08. The number of hydrogen-bond donors (Lipinski definition) is 1. The molecule has 1 aromatic carbocycles. The zero-order valence-corrected chi connectivity index (χ0v) is 10.7. The summed E-state index contributed by atoms with van der Waals surface area (Å²) in [6.07, 6.45) is 2.09. The number of benzene rings is 1. The molecule has 1 fully saturated rings. The summed E-state index contributed by atoms with van der Waals surface area (Å²) in [5, 5.41) is 12.6. The Morgan fingerprint density at radius 3 is 2.65 bits per heavy atom. The molecule has 0 bridgehead atoms. The molecule has 1 unspecified atom stereocenters. The van der Waals surface area contributed by atoms with Gasteiger partial charge in [0.2, 0.25) is 0 Å². The van der Waals surface area contributed by atoms with Crippen molar-refractivity contribution in [3.63, 3.8) is 0 Å². The summed E-state index contributed by atoms with van der Waals surface area (Å²) in [5.74, 6) is 0.682. The first-order chi connectivity index (χ1) is 8.27. The van der Waals surface area contributed by atoms with Crippen molar-refractivity contribution < 1.29 is 5.11 Å². The topological polar surface area (TPSA) is 20.2 Å². The SMILES string of the molecule is Cc1ccsc1C(O)c1ccccc1C1CC1. The standard InChI is InChI=1S/C15H16OS/c1-10-8-9-17-15(10)14(16)13-5-3-2-4-12(13)11-6-7-11/h2-5,8-9,11,14,16H,6-7H2,1H3. The molecule has 2 aromatic rings. The van der Waals surface area contributed by atoms with E-state index in [9.17, 15) is 5.11 Å². The molecule has 3 rings (SSSR count). The molecule has 1 aliphatic carbocycles. The molecule has 17 heavy (non-hydrogen) atoms. The molecule has 1 atom stereocenters. The van der Waals surface area contributed by atoms with Crippen LogP contribution < -0.4 is 0 Å². The predicted octanol–water partition coefficient (Wildman–Crippen LogP) is 4.02. The van der Waals surface area contributed by atoms with E-state index < -0.39 is 6.10 Å². The normalized spacial score (nSPS) is 17.1. The lowest BCUT2D eigenvalue weighted by molar-refractivity contribution is 0.222. The lowest BCUT2D eigenvalue weighted by atomic mass is 9.97. The van der Waals surface area contributed by atoms with Crippen molar-refractivity contribution >= 4 is 11.3 Å². The van der Waals surface area contributed by atoms with Crippen molar-refractivity contribution in [2.75, 3.05) is 0 Å². The number of aliphatic hydroxyl groups is 1. The highest BCUT2D eigenvalue weighted by Gasteiger charge is 2.28. The molecule has 1 N–H and O–H groups in total. The third-order valence-electron chi connectivity index (χ3n) is 3.46. The number of thiophene rings is 1. The van der Waals surface area contributed by atoms with Crippen LogP contribution in [0.15, 0.2) is 35.7 Å². The van der Waals surface area contributed by atoms with Crippen LogP contribution in [0.3, 0.4) is 0 Å². The minimum Gasteiger partial charge on any atom is -0.383 e. The van der Waals surface area contributed by atoms with Gasteiger partial charge in [-0.25, -0.2) is 0 Å². The second-order valence-electron chi connectivity index (χ2n) is 4.77. The number of rotatable bonds is 3. The Hall–Kier alpha value is -1.12. The van der Waals surface area contributed by atoms with Crippen molar-refractivity contribution in [3.05, 3.63) is 57.3 Å². The van der Waals surface area contributed by atoms with Crippen LogP contribution in [0.5, 0.6) is 0 Å². The van der Waals surface area contributed by atoms with Crippen LogP contribution >= 0.6 is 11.3 Å². The first kappa shape index (κ1) is 11.0. The van der Waals surface area contributed by atoms with Crippen molar-refractivity contribution in [2.45, 2.75) is 31.8 Å². The fourth-order valence-corrected chi connectivity index (χ4v) is 3.26. The van der Waals surface area contributed by atoms with E-state index >= 15 is 0 Å². The van der Waals surface area contributed by atoms with Crippen LogP contribution in [0, 0.1) is 6.92 Å². The monoisotopic (exact) mass is 244 g/mol. The number of hydrogen-bond acceptors (Lipinski definition) is 2. The third-order valence-corrected chi connectivity index (χ3v) is 4.53. The highest BCUT2D eigenvalue weighted by molar-refractivity contribution is 7.10. The van der Waals surface area contributed by atoms with Crippen molar-refractivity contribution in [1.29, 1.82) is 0 Å². The molecule has 0 saturated heterocycles. The Morgan fingerprint density at radius 2 is 2.00 bits per heavy atom. The van der Waals surface area contributed by atoms with Crippen molar-refractivity contribution in [2.24, 2.45) is 0 Å². The van der Waals surface area contributed by atoms with Crippen molar-refractivity contribution in [1.82, 2.24) is 0 Å². The quantitative estimate of drug-likeness (QED) is 0.864. The zero-order valence-electron chi connectivity index (χ0n) is 9.89. The average Bonchev–Trinajstić information content (AvgIpc) is 3.11. The highest BCUT2D eigenvalue weighted by Crippen LogP contribution is 2.44. The van der Waals surface area contributed by atoms with Gasteiger partial charge in [-0.3, -0.25) is 0 Å². The smallest absolute Gasteiger partial charge is 0.114 e. The van der Waals surface area contributed by atoms with Gasteiger partial charge >= 0.3 is 0 Å². The van der Waals surface area contributed by atoms with E-state index in [-0.39, 0.29) is 0 Å². The summed E-state index contributed by atoms with van der Waals surface area (Å²) in [6, 6.07) is 10.4. The maximum absolute atomic E-state index is 10.5. The minimum atomic E-state index is -0.452. The maximum atomic E-state index is 10.5. The largest absolute Gasteiger partial charge is 0.383 e. The van der Waals surface area contributed by atoms with E-state index in [4.69, 9.17) is 0 Å². The molecule has 0 radical (unpaired) electrons. The summed E-state index contributed by atoms with van der Waals surface area (Å²) in [5.41, 5.74) is 3.63. The van der Waals surface area contributed by atoms with Gasteiger partial charge in [0.15, 0.2) is 0 Å². The molecule has 0 aliphatic heterocycles. The minimum absolute atomic E-state index is 0.452. The molecule has 2 heteroatoms. The van der Waals surface area contributed by atoms with Crippen LogP contribution in [0.4, 0.5) is 0 Å². The van der Waals surface area contributed by atoms with Crippen molar-refractivity contribution in [3.8, 4) is 0 Å². The maximum Gasteiger partial charge on any atom is 0.114 e. The van der Waals surface area contributed by atoms with Crippen LogP contribution in [0.25, 0.3) is 0 Å². The van der Waals surface area contributed by atoms with E-state index in [1.807, 2.05) is 11.4 Å². The molecule has 1 saturated carbocycles. The summed E-state index contributed by atoms with van der Waals surface area (Å²) >= 11 is 1.64. The van der Waals surface area contributed by atoms with Crippen LogP contribution in [-0.4, -0.2) is 5.11 Å². The highest BCUT2D eigenvalue weighted by atomic mass is 32.1. The average molecular weight is 244 g/mol. The van der Waals surface area contributed by atoms with Gasteiger partial charge in [-0.1, -0.05) is 24.3 Å². The van der Waals surface area contributed by atoms with Gasteiger partial charge < -0.3 is 5.11 Å². The molecule has 88 valence electrons. The molecule has 1 aromatic heterocycles. The van der Waals surface area contributed by atoms with E-state index in [0.29, 0.717) is 5.92 Å². The third kappa shape index (κ3) is 2.03. The molecular formula is C15H16OS. The molecule has 1 aliphatic rings. The van der Waals surface area contributed by atoms with Gasteiger partial charge in [-0.15, -0.1) is 11.3 Å². The van der Waals surface area contributed by atoms with Crippen LogP contribution in [-0.2, 0) is 0 Å². The van der Waals surface area contributed by atoms with Gasteiger partial charge in [-0.2, -0.15) is 0 Å². The first-order valence-corrected chi connectivity index (χ1v) is 6.96. The number of aryl methyl sites for hydroxylation is 1. The number of aliphatic hydroxyl groups excluding tert-OH is 1.